The highest BCUT2D eigenvalue weighted by Gasteiger charge is 2.18. The number of hydrogen-bond donors (Lipinski definition) is 1. The summed E-state index contributed by atoms with van der Waals surface area (Å²) in [5.74, 6) is 0.327. The van der Waals surface area contributed by atoms with Crippen LogP contribution in [0.4, 0.5) is 4.39 Å². The smallest absolute Gasteiger partial charge is 0.240 e. The summed E-state index contributed by atoms with van der Waals surface area (Å²) >= 11 is 0. The highest BCUT2D eigenvalue weighted by Crippen LogP contribution is 2.25. The van der Waals surface area contributed by atoms with E-state index >= 15 is 0 Å². The summed E-state index contributed by atoms with van der Waals surface area (Å²) in [6, 6.07) is 9.80. The summed E-state index contributed by atoms with van der Waals surface area (Å²) in [6.45, 7) is 5.67. The molecule has 0 radical (unpaired) electrons. The van der Waals surface area contributed by atoms with Crippen molar-refractivity contribution in [3.63, 3.8) is 0 Å². The van der Waals surface area contributed by atoms with Gasteiger partial charge in [-0.3, -0.25) is 9.59 Å². The van der Waals surface area contributed by atoms with Gasteiger partial charge in [-0.1, -0.05) is 12.1 Å². The number of carbonyl (C=O) groups excluding carboxylic acids is 2. The van der Waals surface area contributed by atoms with Crippen LogP contribution in [0.25, 0.3) is 11.3 Å². The molecule has 2 rings (SSSR count). The molecular formula is C20H25FN2O3. The zero-order chi connectivity index (χ0) is 19.3. The molecule has 2 aromatic rings. The van der Waals surface area contributed by atoms with Crippen molar-refractivity contribution in [3.05, 3.63) is 48.0 Å². The maximum atomic E-state index is 13.8. The van der Waals surface area contributed by atoms with Gasteiger partial charge in [-0.15, -0.1) is 0 Å². The molecule has 0 saturated carbocycles. The number of furan rings is 1. The van der Waals surface area contributed by atoms with E-state index in [0.29, 0.717) is 23.5 Å². The predicted octanol–water partition coefficient (Wildman–Crippen LogP) is 3.39. The van der Waals surface area contributed by atoms with E-state index in [9.17, 15) is 14.0 Å². The Morgan fingerprint density at radius 1 is 1.15 bits per heavy atom. The number of halogens is 1. The van der Waals surface area contributed by atoms with Crippen LogP contribution in [-0.2, 0) is 16.0 Å². The van der Waals surface area contributed by atoms with Crippen LogP contribution in [0.1, 0.15) is 33.0 Å². The quantitative estimate of drug-likeness (QED) is 0.859. The zero-order valence-corrected chi connectivity index (χ0v) is 15.6. The van der Waals surface area contributed by atoms with E-state index in [2.05, 4.69) is 5.32 Å². The largest absolute Gasteiger partial charge is 0.461 e. The molecule has 0 aliphatic carbocycles. The first-order chi connectivity index (χ1) is 12.2. The number of amides is 2. The molecule has 0 aliphatic heterocycles. The normalized spacial score (nSPS) is 11.3. The lowest BCUT2D eigenvalue weighted by atomic mass is 10.1. The van der Waals surface area contributed by atoms with Crippen LogP contribution in [0.5, 0.6) is 0 Å². The average molecular weight is 360 g/mol. The zero-order valence-electron chi connectivity index (χ0n) is 15.6. The fourth-order valence-corrected chi connectivity index (χ4v) is 2.50. The number of carbonyl (C=O) groups is 2. The maximum Gasteiger partial charge on any atom is 0.240 e. The Kier molecular flexibility index (Phi) is 6.18. The Labute approximate surface area is 153 Å². The molecule has 0 fully saturated rings. The number of hydrogen-bond acceptors (Lipinski definition) is 3. The molecule has 0 bridgehead atoms. The van der Waals surface area contributed by atoms with Crippen molar-refractivity contribution in [2.24, 2.45) is 0 Å². The van der Waals surface area contributed by atoms with E-state index < -0.39 is 0 Å². The minimum absolute atomic E-state index is 0.00867. The van der Waals surface area contributed by atoms with Gasteiger partial charge in [-0.05, 0) is 45.0 Å². The van der Waals surface area contributed by atoms with Gasteiger partial charge in [0.25, 0.3) is 0 Å². The SMILES string of the molecule is CN(CC(=O)NC(C)(C)C)C(=O)CCc1ccc(-c2ccccc2F)o1. The number of aryl methyl sites for hydroxylation is 1. The average Bonchev–Trinajstić information content (AvgIpc) is 2.99. The molecule has 1 aromatic carbocycles. The number of nitrogens with zero attached hydrogens (tertiary/aromatic N) is 1. The summed E-state index contributed by atoms with van der Waals surface area (Å²) < 4.78 is 19.4. The lowest BCUT2D eigenvalue weighted by Gasteiger charge is -2.23. The number of nitrogens with one attached hydrogen (secondary N) is 1. The predicted molar refractivity (Wildman–Crippen MR) is 98.0 cm³/mol. The molecule has 1 heterocycles. The molecule has 140 valence electrons. The van der Waals surface area contributed by atoms with Gasteiger partial charge in [0.2, 0.25) is 11.8 Å². The molecule has 0 spiro atoms. The summed E-state index contributed by atoms with van der Waals surface area (Å²) in [4.78, 5) is 25.5. The molecule has 2 amide bonds. The van der Waals surface area contributed by atoms with E-state index in [-0.39, 0.29) is 36.1 Å². The first kappa shape index (κ1) is 19.7. The van der Waals surface area contributed by atoms with Crippen LogP contribution in [0.2, 0.25) is 0 Å². The summed E-state index contributed by atoms with van der Waals surface area (Å²) in [5, 5.41) is 2.82. The van der Waals surface area contributed by atoms with E-state index in [1.165, 1.54) is 11.0 Å². The Balaban J connectivity index is 1.88. The lowest BCUT2D eigenvalue weighted by Crippen LogP contribution is -2.46. The minimum Gasteiger partial charge on any atom is -0.461 e. The fourth-order valence-electron chi connectivity index (χ4n) is 2.50. The van der Waals surface area contributed by atoms with Gasteiger partial charge in [-0.25, -0.2) is 4.39 Å². The molecule has 1 aromatic heterocycles. The van der Waals surface area contributed by atoms with Gasteiger partial charge in [0.1, 0.15) is 17.3 Å². The standard InChI is InChI=1S/C20H25FN2O3/c1-20(2,3)22-18(24)13-23(4)19(25)12-10-14-9-11-17(26-14)15-7-5-6-8-16(15)21/h5-9,11H,10,12-13H2,1-4H3,(H,22,24). The molecule has 0 atom stereocenters. The first-order valence-corrected chi connectivity index (χ1v) is 8.54. The number of benzene rings is 1. The van der Waals surface area contributed by atoms with E-state index in [1.807, 2.05) is 20.8 Å². The summed E-state index contributed by atoms with van der Waals surface area (Å²) in [6.07, 6.45) is 0.599. The second kappa shape index (κ2) is 8.17. The van der Waals surface area contributed by atoms with Crippen molar-refractivity contribution in [1.29, 1.82) is 0 Å². The highest BCUT2D eigenvalue weighted by molar-refractivity contribution is 5.85. The second-order valence-corrected chi connectivity index (χ2v) is 7.29. The molecule has 0 saturated heterocycles. The van der Waals surface area contributed by atoms with E-state index in [1.54, 1.807) is 37.4 Å². The monoisotopic (exact) mass is 360 g/mol. The van der Waals surface area contributed by atoms with E-state index in [0.717, 1.165) is 0 Å². The first-order valence-electron chi connectivity index (χ1n) is 8.54. The van der Waals surface area contributed by atoms with Crippen LogP contribution in [0.15, 0.2) is 40.8 Å². The van der Waals surface area contributed by atoms with Gasteiger partial charge in [-0.2, -0.15) is 0 Å². The fraction of sp³-hybridized carbons (Fsp3) is 0.400. The molecular weight excluding hydrogens is 335 g/mol. The van der Waals surface area contributed by atoms with Crippen LogP contribution >= 0.6 is 0 Å². The topological polar surface area (TPSA) is 62.6 Å². The van der Waals surface area contributed by atoms with Crippen LogP contribution < -0.4 is 5.32 Å². The minimum atomic E-state index is -0.353. The summed E-state index contributed by atoms with van der Waals surface area (Å²) in [5.41, 5.74) is 0.0548. The second-order valence-electron chi connectivity index (χ2n) is 7.29. The maximum absolute atomic E-state index is 13.8. The Morgan fingerprint density at radius 3 is 2.50 bits per heavy atom. The van der Waals surface area contributed by atoms with Crippen molar-refractivity contribution in [3.8, 4) is 11.3 Å². The van der Waals surface area contributed by atoms with Gasteiger partial charge in [0, 0.05) is 25.4 Å². The molecule has 0 aliphatic rings. The number of rotatable bonds is 6. The lowest BCUT2D eigenvalue weighted by molar-refractivity contribution is -0.135. The van der Waals surface area contributed by atoms with Gasteiger partial charge < -0.3 is 14.6 Å². The van der Waals surface area contributed by atoms with Gasteiger partial charge in [0.15, 0.2) is 0 Å². The Morgan fingerprint density at radius 2 is 1.85 bits per heavy atom. The van der Waals surface area contributed by atoms with Crippen molar-refractivity contribution in [2.45, 2.75) is 39.2 Å². The third kappa shape index (κ3) is 5.72. The highest BCUT2D eigenvalue weighted by atomic mass is 19.1. The molecule has 5 nitrogen and oxygen atoms in total. The third-order valence-electron chi connectivity index (χ3n) is 3.71. The summed E-state index contributed by atoms with van der Waals surface area (Å²) in [7, 11) is 1.59. The van der Waals surface area contributed by atoms with Gasteiger partial charge in [0.05, 0.1) is 12.1 Å². The molecule has 1 N–H and O–H groups in total. The Hall–Kier alpha value is -2.63. The van der Waals surface area contributed by atoms with E-state index in [4.69, 9.17) is 4.42 Å². The van der Waals surface area contributed by atoms with Crippen molar-refractivity contribution in [2.75, 3.05) is 13.6 Å². The van der Waals surface area contributed by atoms with Crippen molar-refractivity contribution in [1.82, 2.24) is 10.2 Å². The van der Waals surface area contributed by atoms with Gasteiger partial charge >= 0.3 is 0 Å². The van der Waals surface area contributed by atoms with Crippen LogP contribution in [0, 0.1) is 5.82 Å². The van der Waals surface area contributed by atoms with Crippen molar-refractivity contribution < 1.29 is 18.4 Å². The van der Waals surface area contributed by atoms with Crippen molar-refractivity contribution >= 4 is 11.8 Å². The van der Waals surface area contributed by atoms with Crippen LogP contribution in [-0.4, -0.2) is 35.8 Å². The third-order valence-corrected chi connectivity index (χ3v) is 3.71. The van der Waals surface area contributed by atoms with Crippen LogP contribution in [0.3, 0.4) is 0 Å². The molecule has 26 heavy (non-hydrogen) atoms. The number of likely N-dealkylation sites (N-methyl/N-ethyl adjacent to an activating group) is 1. The molecule has 6 heteroatoms. The molecule has 0 unspecified atom stereocenters. The Bertz CT molecular complexity index is 777.